The van der Waals surface area contributed by atoms with Crippen molar-refractivity contribution in [2.45, 2.75) is 4.21 Å². The molecule has 0 saturated heterocycles. The van der Waals surface area contributed by atoms with Crippen molar-refractivity contribution in [3.05, 3.63) is 31.6 Å². The van der Waals surface area contributed by atoms with Gasteiger partial charge in [-0.3, -0.25) is 4.72 Å². The van der Waals surface area contributed by atoms with Gasteiger partial charge in [0.25, 0.3) is 10.0 Å². The number of sulfonamides is 1. The largest absolute Gasteiger partial charge is 0.272 e. The van der Waals surface area contributed by atoms with E-state index in [1.807, 2.05) is 0 Å². The normalized spacial score (nSPS) is 11.5. The molecule has 0 fully saturated rings. The maximum Gasteiger partial charge on any atom is 0.272 e. The van der Waals surface area contributed by atoms with Crippen LogP contribution in [0.4, 0.5) is 5.82 Å². The Hall–Kier alpha value is -0.220. The average molecular weight is 434 g/mol. The molecule has 5 nitrogen and oxygen atoms in total. The van der Waals surface area contributed by atoms with Crippen LogP contribution in [0.2, 0.25) is 5.15 Å². The second-order valence-corrected chi connectivity index (χ2v) is 8.55. The van der Waals surface area contributed by atoms with Crippen molar-refractivity contribution in [2.24, 2.45) is 0 Å². The maximum atomic E-state index is 12.0. The minimum absolute atomic E-state index is 0.111. The van der Waals surface area contributed by atoms with Crippen molar-refractivity contribution in [2.75, 3.05) is 4.72 Å². The summed E-state index contributed by atoms with van der Waals surface area (Å²) >= 11 is 13.1. The quantitative estimate of drug-likeness (QED) is 0.804. The molecule has 0 aliphatic heterocycles. The smallest absolute Gasteiger partial charge is 0.261 e. The van der Waals surface area contributed by atoms with Gasteiger partial charge in [-0.2, -0.15) is 0 Å². The maximum absolute atomic E-state index is 12.0. The van der Waals surface area contributed by atoms with Gasteiger partial charge in [-0.05, 0) is 50.1 Å². The lowest BCUT2D eigenvalue weighted by Gasteiger charge is -2.03. The summed E-state index contributed by atoms with van der Waals surface area (Å²) in [6, 6.07) is 4.39. The molecular formula is C8H4Br2ClN3O2S2. The van der Waals surface area contributed by atoms with Crippen LogP contribution in [0.3, 0.4) is 0 Å². The highest BCUT2D eigenvalue weighted by atomic mass is 79.9. The number of anilines is 1. The zero-order chi connectivity index (χ0) is 13.3. The second kappa shape index (κ2) is 5.41. The zero-order valence-corrected chi connectivity index (χ0v) is 14.0. The Morgan fingerprint density at radius 1 is 1.28 bits per heavy atom. The first kappa shape index (κ1) is 14.2. The molecule has 2 aromatic rings. The van der Waals surface area contributed by atoms with Crippen LogP contribution in [0, 0.1) is 0 Å². The number of halogens is 3. The van der Waals surface area contributed by atoms with E-state index >= 15 is 0 Å². The highest BCUT2D eigenvalue weighted by Crippen LogP contribution is 2.35. The third-order valence-electron chi connectivity index (χ3n) is 1.76. The van der Waals surface area contributed by atoms with Crippen LogP contribution in [0.5, 0.6) is 0 Å². The zero-order valence-electron chi connectivity index (χ0n) is 8.39. The van der Waals surface area contributed by atoms with Gasteiger partial charge in [0.05, 0.1) is 3.79 Å². The summed E-state index contributed by atoms with van der Waals surface area (Å²) < 4.78 is 27.9. The summed E-state index contributed by atoms with van der Waals surface area (Å²) in [4.78, 5) is 0. The minimum atomic E-state index is -3.66. The number of nitrogens with zero attached hydrogens (tertiary/aromatic N) is 2. The highest BCUT2D eigenvalue weighted by molar-refractivity contribution is 9.13. The number of hydrogen-bond donors (Lipinski definition) is 1. The first-order valence-electron chi connectivity index (χ1n) is 4.35. The predicted molar refractivity (Wildman–Crippen MR) is 77.6 cm³/mol. The lowest BCUT2D eigenvalue weighted by molar-refractivity contribution is 0.603. The standard InChI is InChI=1S/C8H4Br2ClN3O2S2/c9-4-3-7(17-8(4)10)18(15,16)14-6-2-1-5(11)12-13-6/h1-3H,(H,13,14). The molecule has 96 valence electrons. The summed E-state index contributed by atoms with van der Waals surface area (Å²) in [5.41, 5.74) is 0. The number of hydrogen-bond acceptors (Lipinski definition) is 5. The van der Waals surface area contributed by atoms with Crippen LogP contribution in [-0.4, -0.2) is 18.6 Å². The van der Waals surface area contributed by atoms with Crippen molar-refractivity contribution in [1.82, 2.24) is 10.2 Å². The Kier molecular flexibility index (Phi) is 4.27. The minimum Gasteiger partial charge on any atom is -0.261 e. The van der Waals surface area contributed by atoms with Crippen LogP contribution in [0.15, 0.2) is 30.7 Å². The van der Waals surface area contributed by atoms with Crippen molar-refractivity contribution in [1.29, 1.82) is 0 Å². The number of thiophene rings is 1. The van der Waals surface area contributed by atoms with Gasteiger partial charge in [-0.1, -0.05) is 11.6 Å². The van der Waals surface area contributed by atoms with Gasteiger partial charge < -0.3 is 0 Å². The van der Waals surface area contributed by atoms with Crippen LogP contribution in [-0.2, 0) is 10.0 Å². The van der Waals surface area contributed by atoms with E-state index in [1.165, 1.54) is 18.2 Å². The molecule has 0 bridgehead atoms. The molecule has 0 amide bonds. The molecule has 10 heteroatoms. The van der Waals surface area contributed by atoms with Crippen molar-refractivity contribution in [3.8, 4) is 0 Å². The molecule has 0 aromatic carbocycles. The molecule has 0 spiro atoms. The van der Waals surface area contributed by atoms with E-state index in [1.54, 1.807) is 0 Å². The van der Waals surface area contributed by atoms with E-state index in [-0.39, 0.29) is 15.2 Å². The van der Waals surface area contributed by atoms with Gasteiger partial charge in [-0.15, -0.1) is 21.5 Å². The Bertz CT molecular complexity index is 653. The number of nitrogens with one attached hydrogen (secondary N) is 1. The van der Waals surface area contributed by atoms with E-state index < -0.39 is 10.0 Å². The molecule has 0 aliphatic rings. The molecule has 0 atom stereocenters. The summed E-state index contributed by atoms with van der Waals surface area (Å²) in [6.45, 7) is 0. The molecule has 0 unspecified atom stereocenters. The van der Waals surface area contributed by atoms with Crippen LogP contribution in [0.1, 0.15) is 0 Å². The molecule has 0 radical (unpaired) electrons. The Morgan fingerprint density at radius 3 is 2.50 bits per heavy atom. The Labute approximate surface area is 129 Å². The first-order chi connectivity index (χ1) is 8.38. The highest BCUT2D eigenvalue weighted by Gasteiger charge is 2.19. The van der Waals surface area contributed by atoms with E-state index in [2.05, 4.69) is 46.8 Å². The number of rotatable bonds is 3. The van der Waals surface area contributed by atoms with Crippen LogP contribution < -0.4 is 4.72 Å². The molecule has 2 heterocycles. The summed E-state index contributed by atoms with van der Waals surface area (Å²) in [5, 5.41) is 7.37. The van der Waals surface area contributed by atoms with Crippen LogP contribution >= 0.6 is 54.8 Å². The lowest BCUT2D eigenvalue weighted by Crippen LogP contribution is -2.12. The lowest BCUT2D eigenvalue weighted by atomic mass is 10.5. The van der Waals surface area contributed by atoms with Gasteiger partial charge in [-0.25, -0.2) is 8.42 Å². The molecule has 2 rings (SSSR count). The summed E-state index contributed by atoms with van der Waals surface area (Å²) in [6.07, 6.45) is 0. The van der Waals surface area contributed by atoms with Gasteiger partial charge in [0.2, 0.25) is 0 Å². The van der Waals surface area contributed by atoms with E-state index in [9.17, 15) is 8.42 Å². The average Bonchev–Trinajstić information content (AvgIpc) is 2.63. The SMILES string of the molecule is O=S(=O)(Nc1ccc(Cl)nn1)c1cc(Br)c(Br)s1. The molecule has 0 saturated carbocycles. The fourth-order valence-corrected chi connectivity index (χ4v) is 4.93. The van der Waals surface area contributed by atoms with Gasteiger partial charge in [0.15, 0.2) is 11.0 Å². The van der Waals surface area contributed by atoms with Crippen molar-refractivity contribution < 1.29 is 8.42 Å². The van der Waals surface area contributed by atoms with Gasteiger partial charge in [0, 0.05) is 4.47 Å². The fourth-order valence-electron chi connectivity index (χ4n) is 1.02. The molecule has 0 aliphatic carbocycles. The topological polar surface area (TPSA) is 72.0 Å². The first-order valence-corrected chi connectivity index (χ1v) is 8.62. The molecular weight excluding hydrogens is 430 g/mol. The van der Waals surface area contributed by atoms with Gasteiger partial charge >= 0.3 is 0 Å². The second-order valence-electron chi connectivity index (χ2n) is 3.03. The predicted octanol–water partition coefficient (Wildman–Crippen LogP) is 3.52. The fraction of sp³-hybridized carbons (Fsp3) is 0. The molecule has 18 heavy (non-hydrogen) atoms. The monoisotopic (exact) mass is 431 g/mol. The van der Waals surface area contributed by atoms with E-state index in [0.29, 0.717) is 8.26 Å². The van der Waals surface area contributed by atoms with Crippen LogP contribution in [0.25, 0.3) is 0 Å². The Morgan fingerprint density at radius 2 is 2.00 bits per heavy atom. The summed E-state index contributed by atoms with van der Waals surface area (Å²) in [7, 11) is -3.66. The van der Waals surface area contributed by atoms with E-state index in [0.717, 1.165) is 11.3 Å². The van der Waals surface area contributed by atoms with Crippen molar-refractivity contribution >= 4 is 70.6 Å². The Balaban J connectivity index is 2.29. The number of aromatic nitrogens is 2. The van der Waals surface area contributed by atoms with E-state index in [4.69, 9.17) is 11.6 Å². The van der Waals surface area contributed by atoms with Gasteiger partial charge in [0.1, 0.15) is 4.21 Å². The third kappa shape index (κ3) is 3.21. The molecule has 2 aromatic heterocycles. The summed E-state index contributed by atoms with van der Waals surface area (Å²) in [5.74, 6) is 0.111. The third-order valence-corrected chi connectivity index (χ3v) is 7.04. The van der Waals surface area contributed by atoms with Crippen molar-refractivity contribution in [3.63, 3.8) is 0 Å². The molecule has 1 N–H and O–H groups in total.